The first-order chi connectivity index (χ1) is 12.2. The Labute approximate surface area is 156 Å². The van der Waals surface area contributed by atoms with Crippen molar-refractivity contribution in [1.82, 2.24) is 10.6 Å². The Balaban J connectivity index is 5.07. The molecule has 5 atom stereocenters. The molecule has 152 valence electrons. The van der Waals surface area contributed by atoms with Gasteiger partial charge in [-0.2, -0.15) is 0 Å². The van der Waals surface area contributed by atoms with E-state index in [0.717, 1.165) is 6.42 Å². The molecular weight excluding hydrogens is 336 g/mol. The van der Waals surface area contributed by atoms with Gasteiger partial charge in [0.05, 0.1) is 6.04 Å². The first-order valence-corrected chi connectivity index (χ1v) is 9.48. The van der Waals surface area contributed by atoms with Crippen molar-refractivity contribution < 1.29 is 19.5 Å². The van der Waals surface area contributed by atoms with Crippen LogP contribution in [0.1, 0.15) is 59.8 Å². The number of nitrogens with two attached hydrogens (primary N) is 2. The van der Waals surface area contributed by atoms with Crippen molar-refractivity contribution in [3.8, 4) is 0 Å². The molecule has 0 aliphatic carbocycles. The summed E-state index contributed by atoms with van der Waals surface area (Å²) >= 11 is 0. The predicted octanol–water partition coefficient (Wildman–Crippen LogP) is 0.589. The van der Waals surface area contributed by atoms with Gasteiger partial charge in [-0.15, -0.1) is 0 Å². The lowest BCUT2D eigenvalue weighted by Crippen LogP contribution is -2.57. The average Bonchev–Trinajstić information content (AvgIpc) is 2.62. The van der Waals surface area contributed by atoms with Crippen molar-refractivity contribution in [2.45, 2.75) is 77.9 Å². The second-order valence-electron chi connectivity index (χ2n) is 6.97. The predicted molar refractivity (Wildman–Crippen MR) is 101 cm³/mol. The maximum Gasteiger partial charge on any atom is 0.326 e. The molecule has 0 heterocycles. The smallest absolute Gasteiger partial charge is 0.326 e. The lowest BCUT2D eigenvalue weighted by Gasteiger charge is -2.27. The molecule has 2 amide bonds. The average molecular weight is 373 g/mol. The van der Waals surface area contributed by atoms with E-state index < -0.39 is 35.9 Å². The maximum absolute atomic E-state index is 12.6. The minimum Gasteiger partial charge on any atom is -0.480 e. The summed E-state index contributed by atoms with van der Waals surface area (Å²) in [5, 5.41) is 14.6. The number of carboxylic acids is 1. The van der Waals surface area contributed by atoms with Crippen LogP contribution in [0.5, 0.6) is 0 Å². The summed E-state index contributed by atoms with van der Waals surface area (Å²) in [5.74, 6) is -2.15. The second-order valence-corrected chi connectivity index (χ2v) is 6.97. The number of hydrogen-bond acceptors (Lipinski definition) is 5. The van der Waals surface area contributed by atoms with Crippen LogP contribution in [0.25, 0.3) is 0 Å². The van der Waals surface area contributed by atoms with Gasteiger partial charge in [-0.25, -0.2) is 4.79 Å². The van der Waals surface area contributed by atoms with Gasteiger partial charge in [0.2, 0.25) is 11.8 Å². The number of carbonyl (C=O) groups is 3. The third kappa shape index (κ3) is 8.14. The monoisotopic (exact) mass is 372 g/mol. The van der Waals surface area contributed by atoms with Crippen LogP contribution >= 0.6 is 0 Å². The Kier molecular flexibility index (Phi) is 11.8. The SMILES string of the molecule is CCC(C)C(N)C(=O)NC(C(=O)NC(CCCCN)C(=O)O)C(C)CC. The van der Waals surface area contributed by atoms with Gasteiger partial charge in [0.1, 0.15) is 12.1 Å². The van der Waals surface area contributed by atoms with Crippen LogP contribution in [-0.2, 0) is 14.4 Å². The molecule has 26 heavy (non-hydrogen) atoms. The van der Waals surface area contributed by atoms with E-state index in [4.69, 9.17) is 11.5 Å². The van der Waals surface area contributed by atoms with E-state index in [1.54, 1.807) is 0 Å². The van der Waals surface area contributed by atoms with Crippen molar-refractivity contribution in [1.29, 1.82) is 0 Å². The standard InChI is InChI=1S/C18H36N4O4/c1-5-11(3)14(20)16(23)22-15(12(4)6-2)17(24)21-13(18(25)26)9-7-8-10-19/h11-15H,5-10,19-20H2,1-4H3,(H,21,24)(H,22,23)(H,25,26). The zero-order valence-electron chi connectivity index (χ0n) is 16.5. The van der Waals surface area contributed by atoms with Crippen LogP contribution in [0.4, 0.5) is 0 Å². The number of carboxylic acid groups (broad SMARTS) is 1. The molecule has 0 aromatic rings. The maximum atomic E-state index is 12.6. The summed E-state index contributed by atoms with van der Waals surface area (Å²) in [5.41, 5.74) is 11.4. The Bertz CT molecular complexity index is 458. The van der Waals surface area contributed by atoms with Gasteiger partial charge in [-0.1, -0.05) is 40.5 Å². The second kappa shape index (κ2) is 12.6. The van der Waals surface area contributed by atoms with Gasteiger partial charge in [0.25, 0.3) is 0 Å². The van der Waals surface area contributed by atoms with Crippen LogP contribution in [0.3, 0.4) is 0 Å². The molecule has 0 fully saturated rings. The Hall–Kier alpha value is -1.67. The largest absolute Gasteiger partial charge is 0.480 e. The summed E-state index contributed by atoms with van der Waals surface area (Å²) < 4.78 is 0. The Morgan fingerprint density at radius 2 is 1.54 bits per heavy atom. The number of unbranched alkanes of at least 4 members (excludes halogenated alkanes) is 1. The van der Waals surface area contributed by atoms with E-state index in [1.165, 1.54) is 0 Å². The van der Waals surface area contributed by atoms with Crippen LogP contribution in [-0.4, -0.2) is 47.6 Å². The lowest BCUT2D eigenvalue weighted by atomic mass is 9.95. The third-order valence-electron chi connectivity index (χ3n) is 4.91. The number of aliphatic carboxylic acids is 1. The van der Waals surface area contributed by atoms with E-state index in [0.29, 0.717) is 32.2 Å². The Morgan fingerprint density at radius 1 is 0.962 bits per heavy atom. The van der Waals surface area contributed by atoms with E-state index in [1.807, 2.05) is 27.7 Å². The molecule has 0 radical (unpaired) electrons. The van der Waals surface area contributed by atoms with Gasteiger partial charge in [-0.05, 0) is 37.6 Å². The molecule has 5 unspecified atom stereocenters. The summed E-state index contributed by atoms with van der Waals surface area (Å²) in [4.78, 5) is 36.4. The van der Waals surface area contributed by atoms with Gasteiger partial charge in [-0.3, -0.25) is 9.59 Å². The fourth-order valence-corrected chi connectivity index (χ4v) is 2.48. The van der Waals surface area contributed by atoms with E-state index in [-0.39, 0.29) is 11.8 Å². The normalized spacial score (nSPS) is 16.8. The van der Waals surface area contributed by atoms with E-state index in [2.05, 4.69) is 10.6 Å². The molecule has 0 saturated heterocycles. The highest BCUT2D eigenvalue weighted by Crippen LogP contribution is 2.12. The lowest BCUT2D eigenvalue weighted by molar-refractivity contribution is -0.142. The minimum atomic E-state index is -1.10. The fraction of sp³-hybridized carbons (Fsp3) is 0.833. The molecule has 0 aromatic heterocycles. The van der Waals surface area contributed by atoms with Gasteiger partial charge >= 0.3 is 5.97 Å². The third-order valence-corrected chi connectivity index (χ3v) is 4.91. The first-order valence-electron chi connectivity index (χ1n) is 9.48. The molecule has 7 N–H and O–H groups in total. The minimum absolute atomic E-state index is 0.0151. The zero-order chi connectivity index (χ0) is 20.3. The number of carbonyl (C=O) groups excluding carboxylic acids is 2. The summed E-state index contributed by atoms with van der Waals surface area (Å²) in [7, 11) is 0. The highest BCUT2D eigenvalue weighted by Gasteiger charge is 2.31. The zero-order valence-corrected chi connectivity index (χ0v) is 16.5. The molecule has 0 saturated carbocycles. The van der Waals surface area contributed by atoms with Crippen molar-refractivity contribution in [3.63, 3.8) is 0 Å². The summed E-state index contributed by atoms with van der Waals surface area (Å²) in [6.45, 7) is 8.03. The number of rotatable bonds is 13. The molecule has 0 rings (SSSR count). The number of hydrogen-bond donors (Lipinski definition) is 5. The Morgan fingerprint density at radius 3 is 2.00 bits per heavy atom. The molecule has 0 spiro atoms. The van der Waals surface area contributed by atoms with Gasteiger partial charge in [0, 0.05) is 0 Å². The molecule has 0 bridgehead atoms. The number of amides is 2. The first kappa shape index (κ1) is 24.3. The van der Waals surface area contributed by atoms with Crippen molar-refractivity contribution >= 4 is 17.8 Å². The van der Waals surface area contributed by atoms with Crippen LogP contribution in [0.15, 0.2) is 0 Å². The van der Waals surface area contributed by atoms with E-state index in [9.17, 15) is 19.5 Å². The quantitative estimate of drug-likeness (QED) is 0.299. The highest BCUT2D eigenvalue weighted by molar-refractivity contribution is 5.92. The molecular formula is C18H36N4O4. The highest BCUT2D eigenvalue weighted by atomic mass is 16.4. The molecule has 8 nitrogen and oxygen atoms in total. The summed E-state index contributed by atoms with van der Waals surface area (Å²) in [6.07, 6.45) is 2.99. The number of nitrogens with one attached hydrogen (secondary N) is 2. The van der Waals surface area contributed by atoms with Crippen LogP contribution in [0, 0.1) is 11.8 Å². The van der Waals surface area contributed by atoms with Crippen LogP contribution < -0.4 is 22.1 Å². The molecule has 8 heteroatoms. The van der Waals surface area contributed by atoms with Crippen LogP contribution in [0.2, 0.25) is 0 Å². The molecule has 0 aromatic carbocycles. The van der Waals surface area contributed by atoms with Gasteiger partial charge in [0.15, 0.2) is 0 Å². The molecule has 0 aliphatic heterocycles. The van der Waals surface area contributed by atoms with Crippen molar-refractivity contribution in [2.75, 3.05) is 6.54 Å². The topological polar surface area (TPSA) is 148 Å². The van der Waals surface area contributed by atoms with Crippen molar-refractivity contribution in [2.24, 2.45) is 23.3 Å². The van der Waals surface area contributed by atoms with E-state index >= 15 is 0 Å². The summed E-state index contributed by atoms with van der Waals surface area (Å²) in [6, 6.07) is -2.53. The van der Waals surface area contributed by atoms with Crippen molar-refractivity contribution in [3.05, 3.63) is 0 Å². The molecule has 0 aliphatic rings. The fourth-order valence-electron chi connectivity index (χ4n) is 2.48. The van der Waals surface area contributed by atoms with Gasteiger partial charge < -0.3 is 27.2 Å².